The molecule has 5 nitrogen and oxygen atoms in total. The highest BCUT2D eigenvalue weighted by Gasteiger charge is 2.15. The minimum atomic E-state index is -0.904. The van der Waals surface area contributed by atoms with Gasteiger partial charge < -0.3 is 15.2 Å². The molecule has 1 aromatic carbocycles. The molecule has 0 aliphatic carbocycles. The third-order valence-corrected chi connectivity index (χ3v) is 3.28. The summed E-state index contributed by atoms with van der Waals surface area (Å²) in [5.74, 6) is 0.0332. The quantitative estimate of drug-likeness (QED) is 0.847. The lowest BCUT2D eigenvalue weighted by Crippen LogP contribution is -2.17. The molecule has 0 radical (unpaired) electrons. The Hall–Kier alpha value is -2.11. The van der Waals surface area contributed by atoms with Crippen LogP contribution in [0.1, 0.15) is 31.9 Å². The molecule has 0 saturated carbocycles. The van der Waals surface area contributed by atoms with E-state index in [1.165, 1.54) is 0 Å². The molecule has 2 N–H and O–H groups in total. The third kappa shape index (κ3) is 5.23. The predicted octanol–water partition coefficient (Wildman–Crippen LogP) is 3.58. The number of amides is 1. The molecule has 122 valence electrons. The zero-order valence-electron chi connectivity index (χ0n) is 13.0. The Morgan fingerprint density at radius 1 is 1.30 bits per heavy atom. The minimum absolute atomic E-state index is 0.0554. The average molecular weight is 335 g/mol. The van der Waals surface area contributed by atoms with Crippen LogP contribution in [0.2, 0.25) is 5.02 Å². The van der Waals surface area contributed by atoms with E-state index < -0.39 is 6.10 Å². The van der Waals surface area contributed by atoms with Crippen LogP contribution in [-0.2, 0) is 4.79 Å². The van der Waals surface area contributed by atoms with Gasteiger partial charge in [-0.15, -0.1) is 0 Å². The van der Waals surface area contributed by atoms with Gasteiger partial charge >= 0.3 is 0 Å². The predicted molar refractivity (Wildman–Crippen MR) is 89.7 cm³/mol. The first-order chi connectivity index (χ1) is 11.0. The van der Waals surface area contributed by atoms with E-state index in [0.717, 1.165) is 0 Å². The summed E-state index contributed by atoms with van der Waals surface area (Å²) >= 11 is 5.81. The van der Waals surface area contributed by atoms with E-state index >= 15 is 0 Å². The number of ether oxygens (including phenoxy) is 1. The summed E-state index contributed by atoms with van der Waals surface area (Å²) in [6, 6.07) is 10.1. The average Bonchev–Trinajstić information content (AvgIpc) is 2.49. The number of halogens is 1. The van der Waals surface area contributed by atoms with Crippen LogP contribution in [0.5, 0.6) is 5.88 Å². The maximum atomic E-state index is 12.1. The molecule has 0 saturated heterocycles. The van der Waals surface area contributed by atoms with Crippen LogP contribution in [0.25, 0.3) is 0 Å². The molecule has 0 fully saturated rings. The van der Waals surface area contributed by atoms with Crippen molar-refractivity contribution in [3.63, 3.8) is 0 Å². The lowest BCUT2D eigenvalue weighted by Gasteiger charge is -2.15. The number of nitrogens with zero attached hydrogens (tertiary/aromatic N) is 1. The summed E-state index contributed by atoms with van der Waals surface area (Å²) in [5, 5.41) is 13.4. The molecule has 2 rings (SSSR count). The fourth-order valence-electron chi connectivity index (χ4n) is 1.98. The van der Waals surface area contributed by atoms with Crippen LogP contribution in [0, 0.1) is 0 Å². The summed E-state index contributed by atoms with van der Waals surface area (Å²) < 4.78 is 5.55. The van der Waals surface area contributed by atoms with Crippen LogP contribution in [0.15, 0.2) is 42.6 Å². The normalized spacial score (nSPS) is 12.0. The van der Waals surface area contributed by atoms with Gasteiger partial charge in [0, 0.05) is 11.2 Å². The second-order valence-corrected chi connectivity index (χ2v) is 5.78. The van der Waals surface area contributed by atoms with Gasteiger partial charge in [0.1, 0.15) is 5.69 Å². The van der Waals surface area contributed by atoms with Gasteiger partial charge in [-0.3, -0.25) is 4.79 Å². The molecular formula is C17H19ClN2O3. The molecule has 1 amide bonds. The minimum Gasteiger partial charge on any atom is -0.473 e. The number of aliphatic hydroxyl groups is 1. The SMILES string of the molecule is CC(C)Oc1ncccc1NC(=O)CC(O)c1ccc(Cl)cc1. The summed E-state index contributed by atoms with van der Waals surface area (Å²) in [4.78, 5) is 16.2. The van der Waals surface area contributed by atoms with Gasteiger partial charge in [0.2, 0.25) is 11.8 Å². The van der Waals surface area contributed by atoms with E-state index in [4.69, 9.17) is 16.3 Å². The van der Waals surface area contributed by atoms with Gasteiger partial charge in [0.05, 0.1) is 18.6 Å². The van der Waals surface area contributed by atoms with Crippen LogP contribution in [-0.4, -0.2) is 22.1 Å². The van der Waals surface area contributed by atoms with E-state index in [1.807, 2.05) is 13.8 Å². The number of carbonyl (C=O) groups is 1. The molecule has 0 bridgehead atoms. The highest BCUT2D eigenvalue weighted by molar-refractivity contribution is 6.30. The molecule has 0 spiro atoms. The number of rotatable bonds is 6. The van der Waals surface area contributed by atoms with Crippen molar-refractivity contribution in [1.29, 1.82) is 0 Å². The third-order valence-electron chi connectivity index (χ3n) is 3.03. The number of nitrogens with one attached hydrogen (secondary N) is 1. The van der Waals surface area contributed by atoms with Gasteiger partial charge in [-0.2, -0.15) is 0 Å². The van der Waals surface area contributed by atoms with Crippen molar-refractivity contribution in [3.8, 4) is 5.88 Å². The summed E-state index contributed by atoms with van der Waals surface area (Å²) in [6.07, 6.45) is 0.562. The molecule has 1 atom stereocenters. The number of anilines is 1. The molecule has 1 unspecified atom stereocenters. The second kappa shape index (κ2) is 7.94. The van der Waals surface area contributed by atoms with Crippen molar-refractivity contribution in [2.24, 2.45) is 0 Å². The largest absolute Gasteiger partial charge is 0.473 e. The lowest BCUT2D eigenvalue weighted by molar-refractivity contribution is -0.118. The molecular weight excluding hydrogens is 316 g/mol. The number of benzene rings is 1. The number of aromatic nitrogens is 1. The van der Waals surface area contributed by atoms with E-state index in [9.17, 15) is 9.90 Å². The van der Waals surface area contributed by atoms with Crippen LogP contribution in [0.4, 0.5) is 5.69 Å². The smallest absolute Gasteiger partial charge is 0.238 e. The highest BCUT2D eigenvalue weighted by atomic mass is 35.5. The van der Waals surface area contributed by atoms with E-state index in [-0.39, 0.29) is 18.4 Å². The van der Waals surface area contributed by atoms with Crippen molar-refractivity contribution in [2.45, 2.75) is 32.5 Å². The van der Waals surface area contributed by atoms with Crippen molar-refractivity contribution < 1.29 is 14.6 Å². The first-order valence-corrected chi connectivity index (χ1v) is 7.68. The Bertz CT molecular complexity index is 659. The second-order valence-electron chi connectivity index (χ2n) is 5.34. The topological polar surface area (TPSA) is 71.5 Å². The highest BCUT2D eigenvalue weighted by Crippen LogP contribution is 2.24. The molecule has 1 aromatic heterocycles. The zero-order valence-corrected chi connectivity index (χ0v) is 13.7. The van der Waals surface area contributed by atoms with Gasteiger partial charge in [-0.25, -0.2) is 4.98 Å². The molecule has 2 aromatic rings. The van der Waals surface area contributed by atoms with Crippen molar-refractivity contribution in [2.75, 3.05) is 5.32 Å². The van der Waals surface area contributed by atoms with Gasteiger partial charge in [0.25, 0.3) is 0 Å². The van der Waals surface area contributed by atoms with Crippen LogP contribution in [0.3, 0.4) is 0 Å². The van der Waals surface area contributed by atoms with Gasteiger partial charge in [0.15, 0.2) is 0 Å². The number of hydrogen-bond donors (Lipinski definition) is 2. The summed E-state index contributed by atoms with van der Waals surface area (Å²) in [5.41, 5.74) is 1.11. The summed E-state index contributed by atoms with van der Waals surface area (Å²) in [7, 11) is 0. The van der Waals surface area contributed by atoms with E-state index in [2.05, 4.69) is 10.3 Å². The number of aliphatic hydroxyl groups excluding tert-OH is 1. The van der Waals surface area contributed by atoms with Crippen LogP contribution >= 0.6 is 11.6 Å². The lowest BCUT2D eigenvalue weighted by atomic mass is 10.1. The van der Waals surface area contributed by atoms with Gasteiger partial charge in [-0.1, -0.05) is 23.7 Å². The fraction of sp³-hybridized carbons (Fsp3) is 0.294. The Labute approximate surface area is 140 Å². The van der Waals surface area contributed by atoms with Crippen LogP contribution < -0.4 is 10.1 Å². The monoisotopic (exact) mass is 334 g/mol. The Balaban J connectivity index is 2.01. The number of carbonyl (C=O) groups excluding carboxylic acids is 1. The van der Waals surface area contributed by atoms with E-state index in [1.54, 1.807) is 42.6 Å². The van der Waals surface area contributed by atoms with Crippen molar-refractivity contribution in [1.82, 2.24) is 4.98 Å². The zero-order chi connectivity index (χ0) is 16.8. The van der Waals surface area contributed by atoms with Gasteiger partial charge in [-0.05, 0) is 43.7 Å². The molecule has 6 heteroatoms. The number of pyridine rings is 1. The van der Waals surface area contributed by atoms with Crippen molar-refractivity contribution >= 4 is 23.2 Å². The number of hydrogen-bond acceptors (Lipinski definition) is 4. The molecule has 1 heterocycles. The summed E-state index contributed by atoms with van der Waals surface area (Å²) in [6.45, 7) is 3.76. The molecule has 23 heavy (non-hydrogen) atoms. The Morgan fingerprint density at radius 2 is 2.00 bits per heavy atom. The fourth-order valence-corrected chi connectivity index (χ4v) is 2.11. The van der Waals surface area contributed by atoms with E-state index in [0.29, 0.717) is 22.2 Å². The van der Waals surface area contributed by atoms with Crippen molar-refractivity contribution in [3.05, 3.63) is 53.2 Å². The standard InChI is InChI=1S/C17H19ClN2O3/c1-11(2)23-17-14(4-3-9-19-17)20-16(22)10-15(21)12-5-7-13(18)8-6-12/h3-9,11,15,21H,10H2,1-2H3,(H,20,22). The molecule has 0 aliphatic rings. The maximum Gasteiger partial charge on any atom is 0.238 e. The molecule has 0 aliphatic heterocycles. The first kappa shape index (κ1) is 17.2. The Kier molecular flexibility index (Phi) is 5.96. The Morgan fingerprint density at radius 3 is 2.65 bits per heavy atom. The first-order valence-electron chi connectivity index (χ1n) is 7.30. The maximum absolute atomic E-state index is 12.1.